The highest BCUT2D eigenvalue weighted by atomic mass is 32.2. The van der Waals surface area contributed by atoms with Crippen molar-refractivity contribution in [1.29, 1.82) is 0 Å². The normalized spacial score (nSPS) is 26.6. The number of benzene rings is 2. The number of anilines is 2. The second kappa shape index (κ2) is 13.7. The minimum atomic E-state index is -4.78. The summed E-state index contributed by atoms with van der Waals surface area (Å²) in [6, 6.07) is 6.71. The number of hydrogen-bond acceptors (Lipinski definition) is 12. The third-order valence-electron chi connectivity index (χ3n) is 9.72. The number of carbonyl (C=O) groups excluding carboxylic acids is 2. The molecule has 16 nitrogen and oxygen atoms in total. The van der Waals surface area contributed by atoms with Gasteiger partial charge in [0.2, 0.25) is 0 Å². The van der Waals surface area contributed by atoms with Crippen molar-refractivity contribution in [1.82, 2.24) is 9.80 Å². The van der Waals surface area contributed by atoms with E-state index in [0.29, 0.717) is 29.1 Å². The molecule has 6 unspecified atom stereocenters. The van der Waals surface area contributed by atoms with E-state index < -0.39 is 73.2 Å². The van der Waals surface area contributed by atoms with Gasteiger partial charge < -0.3 is 39.4 Å². The van der Waals surface area contributed by atoms with Gasteiger partial charge in [-0.2, -0.15) is 16.8 Å². The first-order valence-corrected chi connectivity index (χ1v) is 19.1. The molecule has 7 atom stereocenters. The van der Waals surface area contributed by atoms with Crippen LogP contribution in [0.3, 0.4) is 0 Å². The van der Waals surface area contributed by atoms with E-state index in [-0.39, 0.29) is 48.6 Å². The lowest BCUT2D eigenvalue weighted by molar-refractivity contribution is -0.0389. The zero-order valence-electron chi connectivity index (χ0n) is 28.1. The molecule has 4 N–H and O–H groups in total. The molecule has 2 amide bonds. The molecule has 2 saturated heterocycles. The van der Waals surface area contributed by atoms with Crippen LogP contribution in [-0.4, -0.2) is 123 Å². The Morgan fingerprint density at radius 3 is 1.69 bits per heavy atom. The molecule has 0 radical (unpaired) electrons. The predicted molar refractivity (Wildman–Crippen MR) is 185 cm³/mol. The number of fused-ring (bicyclic) bond motifs is 4. The average Bonchev–Trinajstić information content (AvgIpc) is 3.49. The van der Waals surface area contributed by atoms with Crippen molar-refractivity contribution in [2.75, 3.05) is 44.5 Å². The zero-order chi connectivity index (χ0) is 37.0. The number of methoxy groups -OCH3 is 2. The number of nitrogens with one attached hydrogen (secondary N) is 2. The maximum absolute atomic E-state index is 13.7. The standard InChI is InChI=1S/C33H40N4O12S2/c1-6-19(49-29-18(3)16-37-27(29)31(51(43,44)45)35-25-10-8-21(47-5)14-23(25)33(37)39)11-12-48-28-17(2)15-36-26(28)30(50(40,41)42)34-24-9-7-20(46-4)13-22(24)32(36)38/h7-10,13-14,19,26-31,34-35H,2-3,6,11-12,15-16H2,1,4-5H3,(H,40,41,42)(H,43,44,45)/t19?,26-,27?,28?,29?,30?,31?/m0/s1. The van der Waals surface area contributed by atoms with E-state index in [0.717, 1.165) is 0 Å². The second-order valence-electron chi connectivity index (χ2n) is 12.8. The molecule has 2 aromatic carbocycles. The number of carbonyl (C=O) groups is 2. The van der Waals surface area contributed by atoms with Crippen LogP contribution in [0.5, 0.6) is 11.5 Å². The summed E-state index contributed by atoms with van der Waals surface area (Å²) < 4.78 is 94.7. The van der Waals surface area contributed by atoms with Gasteiger partial charge in [-0.3, -0.25) is 18.7 Å². The summed E-state index contributed by atoms with van der Waals surface area (Å²) in [5.74, 6) is -0.236. The fourth-order valence-electron chi connectivity index (χ4n) is 7.19. The highest BCUT2D eigenvalue weighted by molar-refractivity contribution is 7.86. The van der Waals surface area contributed by atoms with E-state index in [1.807, 2.05) is 6.92 Å². The Balaban J connectivity index is 1.20. The van der Waals surface area contributed by atoms with Crippen LogP contribution in [0.25, 0.3) is 0 Å². The van der Waals surface area contributed by atoms with Crippen LogP contribution in [-0.2, 0) is 29.7 Å². The van der Waals surface area contributed by atoms with Crippen molar-refractivity contribution in [2.45, 2.75) is 60.9 Å². The molecule has 4 aliphatic heterocycles. The van der Waals surface area contributed by atoms with E-state index in [9.17, 15) is 35.5 Å². The van der Waals surface area contributed by atoms with Gasteiger partial charge in [0.05, 0.1) is 43.5 Å². The van der Waals surface area contributed by atoms with Gasteiger partial charge in [-0.05, 0) is 60.4 Å². The number of rotatable bonds is 11. The first-order valence-electron chi connectivity index (χ1n) is 16.1. The smallest absolute Gasteiger partial charge is 0.288 e. The molecule has 0 saturated carbocycles. The van der Waals surface area contributed by atoms with Crippen molar-refractivity contribution >= 4 is 43.4 Å². The van der Waals surface area contributed by atoms with Gasteiger partial charge in [-0.1, -0.05) is 20.1 Å². The molecule has 4 aliphatic rings. The van der Waals surface area contributed by atoms with Crippen LogP contribution in [0.15, 0.2) is 60.7 Å². The Morgan fingerprint density at radius 1 is 0.804 bits per heavy atom. The molecule has 0 aromatic heterocycles. The Kier molecular flexibility index (Phi) is 9.86. The fourth-order valence-corrected chi connectivity index (χ4v) is 9.02. The number of amides is 2. The molecular formula is C33H40N4O12S2. The molecule has 4 heterocycles. The van der Waals surface area contributed by atoms with Crippen LogP contribution >= 0.6 is 0 Å². The third kappa shape index (κ3) is 6.78. The highest BCUT2D eigenvalue weighted by Crippen LogP contribution is 2.40. The van der Waals surface area contributed by atoms with E-state index >= 15 is 0 Å². The molecule has 51 heavy (non-hydrogen) atoms. The molecular weight excluding hydrogens is 709 g/mol. The van der Waals surface area contributed by atoms with Crippen molar-refractivity contribution in [2.24, 2.45) is 0 Å². The van der Waals surface area contributed by atoms with Gasteiger partial charge in [0.25, 0.3) is 32.1 Å². The molecule has 2 aromatic rings. The summed E-state index contributed by atoms with van der Waals surface area (Å²) in [6.45, 7) is 9.87. The van der Waals surface area contributed by atoms with Gasteiger partial charge in [0, 0.05) is 31.1 Å². The van der Waals surface area contributed by atoms with Crippen LogP contribution in [0.4, 0.5) is 11.4 Å². The maximum Gasteiger partial charge on any atom is 0.288 e. The first kappa shape index (κ1) is 36.6. The fraction of sp³-hybridized carbons (Fsp3) is 0.455. The first-order chi connectivity index (χ1) is 24.1. The lowest BCUT2D eigenvalue weighted by atomic mass is 10.1. The zero-order valence-corrected chi connectivity index (χ0v) is 29.8. The molecule has 276 valence electrons. The summed E-state index contributed by atoms with van der Waals surface area (Å²) in [6.07, 6.45) is -1.95. The van der Waals surface area contributed by atoms with Crippen LogP contribution in [0.2, 0.25) is 0 Å². The van der Waals surface area contributed by atoms with Gasteiger partial charge in [-0.15, -0.1) is 0 Å². The van der Waals surface area contributed by atoms with Gasteiger partial charge in [0.15, 0.2) is 10.7 Å². The average molecular weight is 749 g/mol. The highest BCUT2D eigenvalue weighted by Gasteiger charge is 2.53. The van der Waals surface area contributed by atoms with Gasteiger partial charge >= 0.3 is 0 Å². The summed E-state index contributed by atoms with van der Waals surface area (Å²) in [4.78, 5) is 30.1. The minimum Gasteiger partial charge on any atom is -0.497 e. The molecule has 0 spiro atoms. The quantitative estimate of drug-likeness (QED) is 0.192. The summed E-state index contributed by atoms with van der Waals surface area (Å²) in [5, 5.41) is 2.33. The maximum atomic E-state index is 13.7. The topological polar surface area (TPSA) is 210 Å². The third-order valence-corrected chi connectivity index (χ3v) is 11.8. The lowest BCUT2D eigenvalue weighted by Crippen LogP contribution is -2.53. The van der Waals surface area contributed by atoms with Crippen molar-refractivity contribution < 1.29 is 54.5 Å². The van der Waals surface area contributed by atoms with Crippen LogP contribution < -0.4 is 20.1 Å². The van der Waals surface area contributed by atoms with E-state index in [1.165, 1.54) is 48.3 Å². The Morgan fingerprint density at radius 2 is 1.25 bits per heavy atom. The number of ether oxygens (including phenoxy) is 4. The van der Waals surface area contributed by atoms with Crippen LogP contribution in [0.1, 0.15) is 40.5 Å². The van der Waals surface area contributed by atoms with Crippen molar-refractivity contribution in [3.63, 3.8) is 0 Å². The predicted octanol–water partition coefficient (Wildman–Crippen LogP) is 2.38. The Bertz CT molecular complexity index is 1990. The minimum absolute atomic E-state index is 0.0165. The van der Waals surface area contributed by atoms with E-state index in [1.54, 1.807) is 12.1 Å². The summed E-state index contributed by atoms with van der Waals surface area (Å²) >= 11 is 0. The molecule has 2 fully saturated rings. The lowest BCUT2D eigenvalue weighted by Gasteiger charge is -2.33. The van der Waals surface area contributed by atoms with Gasteiger partial charge in [0.1, 0.15) is 23.7 Å². The largest absolute Gasteiger partial charge is 0.497 e. The van der Waals surface area contributed by atoms with Crippen LogP contribution in [0, 0.1) is 0 Å². The van der Waals surface area contributed by atoms with E-state index in [4.69, 9.17) is 18.9 Å². The van der Waals surface area contributed by atoms with Crippen molar-refractivity contribution in [3.05, 3.63) is 71.8 Å². The summed E-state index contributed by atoms with van der Waals surface area (Å²) in [7, 11) is -6.69. The molecule has 6 rings (SSSR count). The molecule has 18 heteroatoms. The number of hydrogen-bond donors (Lipinski definition) is 4. The second-order valence-corrected chi connectivity index (χ2v) is 15.9. The number of nitrogens with zero attached hydrogens (tertiary/aromatic N) is 2. The SMILES string of the molecule is C=C1CN2C(=O)c3cc(OC)ccc3NC(S(=O)(=O)O)C2C1OC(CC)CCOC1C(=C)CN2C(=O)c3cc(OC)ccc3NC(S(=O)(=O)O)[C@H]12. The Hall–Kier alpha value is -4.20. The van der Waals surface area contributed by atoms with Crippen molar-refractivity contribution in [3.8, 4) is 11.5 Å². The Labute approximate surface area is 295 Å². The molecule has 0 aliphatic carbocycles. The molecule has 0 bridgehead atoms. The van der Waals surface area contributed by atoms with E-state index in [2.05, 4.69) is 23.8 Å². The summed E-state index contributed by atoms with van der Waals surface area (Å²) in [5.41, 5.74) is 1.54. The monoisotopic (exact) mass is 748 g/mol. The van der Waals surface area contributed by atoms with Gasteiger partial charge in [-0.25, -0.2) is 0 Å².